The molecular formula is C14H22ClNO. The van der Waals surface area contributed by atoms with Crippen molar-refractivity contribution < 1.29 is 4.74 Å². The number of rotatable bonds is 5. The van der Waals surface area contributed by atoms with Crippen molar-refractivity contribution in [2.24, 2.45) is 0 Å². The number of nitrogens with zero attached hydrogens (tertiary/aromatic N) is 1. The Morgan fingerprint density at radius 3 is 2.35 bits per heavy atom. The number of alkyl halides is 1. The van der Waals surface area contributed by atoms with E-state index in [0.717, 1.165) is 12.2 Å². The molecule has 1 atom stereocenters. The van der Waals surface area contributed by atoms with Crippen molar-refractivity contribution in [1.82, 2.24) is 4.90 Å². The van der Waals surface area contributed by atoms with Crippen molar-refractivity contribution in [3.8, 4) is 5.75 Å². The average Bonchev–Trinajstić information content (AvgIpc) is 2.28. The van der Waals surface area contributed by atoms with Gasteiger partial charge >= 0.3 is 0 Å². The highest BCUT2D eigenvalue weighted by atomic mass is 35.5. The summed E-state index contributed by atoms with van der Waals surface area (Å²) in [5.41, 5.74) is 3.78. The second-order valence-corrected chi connectivity index (χ2v) is 5.01. The zero-order valence-electron chi connectivity index (χ0n) is 11.4. The van der Waals surface area contributed by atoms with Crippen LogP contribution in [0, 0.1) is 13.8 Å². The van der Waals surface area contributed by atoms with Crippen LogP contribution < -0.4 is 4.74 Å². The SMILES string of the molecule is COc1cc(C)c(C(CCCl)N(C)C)cc1C. The zero-order chi connectivity index (χ0) is 13.0. The number of aryl methyl sites for hydroxylation is 2. The Kier molecular flexibility index (Phi) is 5.29. The van der Waals surface area contributed by atoms with E-state index in [0.29, 0.717) is 11.9 Å². The molecule has 2 nitrogen and oxygen atoms in total. The van der Waals surface area contributed by atoms with Gasteiger partial charge in [-0.1, -0.05) is 6.07 Å². The van der Waals surface area contributed by atoms with E-state index in [1.165, 1.54) is 16.7 Å². The van der Waals surface area contributed by atoms with Gasteiger partial charge in [0.2, 0.25) is 0 Å². The van der Waals surface area contributed by atoms with Gasteiger partial charge in [-0.15, -0.1) is 11.6 Å². The highest BCUT2D eigenvalue weighted by molar-refractivity contribution is 6.17. The molecule has 0 saturated carbocycles. The normalized spacial score (nSPS) is 12.9. The van der Waals surface area contributed by atoms with Gasteiger partial charge in [0.1, 0.15) is 5.75 Å². The van der Waals surface area contributed by atoms with Crippen molar-refractivity contribution >= 4 is 11.6 Å². The fourth-order valence-corrected chi connectivity index (χ4v) is 2.39. The predicted octanol–water partition coefficient (Wildman–Crippen LogP) is 3.54. The summed E-state index contributed by atoms with van der Waals surface area (Å²) in [5, 5.41) is 0. The minimum Gasteiger partial charge on any atom is -0.496 e. The van der Waals surface area contributed by atoms with Crippen molar-refractivity contribution in [3.63, 3.8) is 0 Å². The lowest BCUT2D eigenvalue weighted by molar-refractivity contribution is 0.291. The second-order valence-electron chi connectivity index (χ2n) is 4.64. The lowest BCUT2D eigenvalue weighted by Crippen LogP contribution is -2.21. The van der Waals surface area contributed by atoms with Crippen LogP contribution in [0.15, 0.2) is 12.1 Å². The van der Waals surface area contributed by atoms with Crippen LogP contribution in [-0.2, 0) is 0 Å². The average molecular weight is 256 g/mol. The quantitative estimate of drug-likeness (QED) is 0.747. The Hall–Kier alpha value is -0.730. The first-order chi connectivity index (χ1) is 8.01. The molecule has 3 heteroatoms. The smallest absolute Gasteiger partial charge is 0.122 e. The number of halogens is 1. The molecule has 1 aromatic carbocycles. The number of methoxy groups -OCH3 is 1. The fraction of sp³-hybridized carbons (Fsp3) is 0.571. The number of hydrogen-bond acceptors (Lipinski definition) is 2. The minimum absolute atomic E-state index is 0.372. The molecular weight excluding hydrogens is 234 g/mol. The summed E-state index contributed by atoms with van der Waals surface area (Å²) in [4.78, 5) is 2.22. The molecule has 0 saturated heterocycles. The van der Waals surface area contributed by atoms with Gasteiger partial charge in [-0.25, -0.2) is 0 Å². The molecule has 0 N–H and O–H groups in total. The predicted molar refractivity (Wildman–Crippen MR) is 74.2 cm³/mol. The lowest BCUT2D eigenvalue weighted by atomic mass is 9.96. The molecule has 1 aromatic rings. The van der Waals surface area contributed by atoms with Gasteiger partial charge in [-0.3, -0.25) is 0 Å². The van der Waals surface area contributed by atoms with Gasteiger partial charge in [-0.05, 0) is 57.1 Å². The van der Waals surface area contributed by atoms with E-state index < -0.39 is 0 Å². The third-order valence-electron chi connectivity index (χ3n) is 3.15. The van der Waals surface area contributed by atoms with Gasteiger partial charge in [0.25, 0.3) is 0 Å². The molecule has 0 aromatic heterocycles. The molecule has 0 aliphatic heterocycles. The summed E-state index contributed by atoms with van der Waals surface area (Å²) in [5.74, 6) is 1.63. The van der Waals surface area contributed by atoms with Crippen molar-refractivity contribution in [2.45, 2.75) is 26.3 Å². The Labute approximate surface area is 110 Å². The third-order valence-corrected chi connectivity index (χ3v) is 3.37. The molecule has 1 unspecified atom stereocenters. The van der Waals surface area contributed by atoms with Crippen LogP contribution in [0.25, 0.3) is 0 Å². The number of ether oxygens (including phenoxy) is 1. The second kappa shape index (κ2) is 6.27. The van der Waals surface area contributed by atoms with E-state index >= 15 is 0 Å². The standard InChI is InChI=1S/C14H22ClNO/c1-10-9-14(17-5)11(2)8-12(10)13(6-7-15)16(3)4/h8-9,13H,6-7H2,1-5H3. The van der Waals surface area contributed by atoms with E-state index in [-0.39, 0.29) is 0 Å². The third kappa shape index (κ3) is 3.36. The molecule has 0 bridgehead atoms. The summed E-state index contributed by atoms with van der Waals surface area (Å²) >= 11 is 5.89. The Bertz CT molecular complexity index is 377. The van der Waals surface area contributed by atoms with E-state index in [1.54, 1.807) is 7.11 Å². The molecule has 0 aliphatic rings. The molecule has 0 spiro atoms. The van der Waals surface area contributed by atoms with Crippen LogP contribution in [0.5, 0.6) is 5.75 Å². The maximum atomic E-state index is 5.89. The van der Waals surface area contributed by atoms with Crippen LogP contribution in [0.2, 0.25) is 0 Å². The summed E-state index contributed by atoms with van der Waals surface area (Å²) in [7, 11) is 5.90. The van der Waals surface area contributed by atoms with Gasteiger partial charge < -0.3 is 9.64 Å². The molecule has 0 aliphatic carbocycles. The summed E-state index contributed by atoms with van der Waals surface area (Å²) < 4.78 is 5.34. The Morgan fingerprint density at radius 2 is 1.88 bits per heavy atom. The maximum Gasteiger partial charge on any atom is 0.122 e. The van der Waals surface area contributed by atoms with Gasteiger partial charge in [0, 0.05) is 11.9 Å². The van der Waals surface area contributed by atoms with Crippen LogP contribution in [0.4, 0.5) is 0 Å². The molecule has 0 amide bonds. The van der Waals surface area contributed by atoms with Crippen LogP contribution >= 0.6 is 11.6 Å². The molecule has 17 heavy (non-hydrogen) atoms. The van der Waals surface area contributed by atoms with E-state index in [4.69, 9.17) is 16.3 Å². The highest BCUT2D eigenvalue weighted by Gasteiger charge is 2.17. The van der Waals surface area contributed by atoms with Crippen LogP contribution in [-0.4, -0.2) is 32.0 Å². The Morgan fingerprint density at radius 1 is 1.24 bits per heavy atom. The monoisotopic (exact) mass is 255 g/mol. The molecule has 0 fully saturated rings. The van der Waals surface area contributed by atoms with E-state index in [1.807, 2.05) is 0 Å². The molecule has 0 heterocycles. The molecule has 96 valence electrons. The van der Waals surface area contributed by atoms with Gasteiger partial charge in [-0.2, -0.15) is 0 Å². The highest BCUT2D eigenvalue weighted by Crippen LogP contribution is 2.30. The van der Waals surface area contributed by atoms with Gasteiger partial charge in [0.05, 0.1) is 7.11 Å². The Balaban J connectivity index is 3.15. The number of hydrogen-bond donors (Lipinski definition) is 0. The van der Waals surface area contributed by atoms with Crippen LogP contribution in [0.3, 0.4) is 0 Å². The molecule has 0 radical (unpaired) electrons. The van der Waals surface area contributed by atoms with Crippen molar-refractivity contribution in [1.29, 1.82) is 0 Å². The van der Waals surface area contributed by atoms with Crippen molar-refractivity contribution in [2.75, 3.05) is 27.1 Å². The first-order valence-electron chi connectivity index (χ1n) is 5.88. The lowest BCUT2D eigenvalue weighted by Gasteiger charge is -2.26. The maximum absolute atomic E-state index is 5.89. The first-order valence-corrected chi connectivity index (χ1v) is 6.42. The summed E-state index contributed by atoms with van der Waals surface area (Å²) in [6, 6.07) is 4.69. The number of benzene rings is 1. The minimum atomic E-state index is 0.372. The zero-order valence-corrected chi connectivity index (χ0v) is 12.1. The van der Waals surface area contributed by atoms with Gasteiger partial charge in [0.15, 0.2) is 0 Å². The topological polar surface area (TPSA) is 12.5 Å². The van der Waals surface area contributed by atoms with E-state index in [2.05, 4.69) is 45.0 Å². The van der Waals surface area contributed by atoms with Crippen molar-refractivity contribution in [3.05, 3.63) is 28.8 Å². The van der Waals surface area contributed by atoms with Crippen LogP contribution in [0.1, 0.15) is 29.2 Å². The summed E-state index contributed by atoms with van der Waals surface area (Å²) in [6.07, 6.45) is 0.959. The first kappa shape index (κ1) is 14.3. The largest absolute Gasteiger partial charge is 0.496 e. The summed E-state index contributed by atoms with van der Waals surface area (Å²) in [6.45, 7) is 4.21. The molecule has 1 rings (SSSR count). The fourth-order valence-electron chi connectivity index (χ4n) is 2.19. The van der Waals surface area contributed by atoms with E-state index in [9.17, 15) is 0 Å².